The van der Waals surface area contributed by atoms with E-state index >= 15 is 0 Å². The molecule has 0 aliphatic heterocycles. The first-order chi connectivity index (χ1) is 10.2. The summed E-state index contributed by atoms with van der Waals surface area (Å²) in [4.78, 5) is 12.3. The van der Waals surface area contributed by atoms with Crippen molar-refractivity contribution < 1.29 is 4.42 Å². The van der Waals surface area contributed by atoms with E-state index in [0.717, 1.165) is 28.7 Å². The van der Waals surface area contributed by atoms with Gasteiger partial charge >= 0.3 is 5.63 Å². The number of anilines is 1. The van der Waals surface area contributed by atoms with Gasteiger partial charge in [-0.1, -0.05) is 30.3 Å². The Morgan fingerprint density at radius 1 is 1.05 bits per heavy atom. The lowest BCUT2D eigenvalue weighted by molar-refractivity contribution is 0.563. The fourth-order valence-corrected chi connectivity index (χ4v) is 2.48. The van der Waals surface area contributed by atoms with Gasteiger partial charge in [0.2, 0.25) is 0 Å². The molecular formula is C18H17NO2. The number of hydrogen-bond donors (Lipinski definition) is 1. The highest BCUT2D eigenvalue weighted by Gasteiger charge is 2.11. The summed E-state index contributed by atoms with van der Waals surface area (Å²) in [5.41, 5.74) is 3.88. The summed E-state index contributed by atoms with van der Waals surface area (Å²) in [5, 5.41) is 4.24. The second-order valence-corrected chi connectivity index (χ2v) is 5.06. The molecule has 0 amide bonds. The van der Waals surface area contributed by atoms with E-state index in [2.05, 4.69) is 5.32 Å². The number of nitrogens with one attached hydrogen (secondary N) is 1. The van der Waals surface area contributed by atoms with Crippen molar-refractivity contribution in [3.8, 4) is 11.1 Å². The number of rotatable bonds is 3. The molecule has 0 saturated heterocycles. The molecule has 0 spiro atoms. The minimum atomic E-state index is -0.309. The maximum absolute atomic E-state index is 12.3. The van der Waals surface area contributed by atoms with Crippen molar-refractivity contribution in [2.45, 2.75) is 13.8 Å². The van der Waals surface area contributed by atoms with Crippen LogP contribution in [0, 0.1) is 6.92 Å². The Kier molecular flexibility index (Phi) is 3.48. The third-order valence-electron chi connectivity index (χ3n) is 3.47. The fourth-order valence-electron chi connectivity index (χ4n) is 2.48. The molecule has 21 heavy (non-hydrogen) atoms. The summed E-state index contributed by atoms with van der Waals surface area (Å²) in [5.74, 6) is 0. The van der Waals surface area contributed by atoms with Gasteiger partial charge in [-0.3, -0.25) is 0 Å². The van der Waals surface area contributed by atoms with E-state index in [-0.39, 0.29) is 5.63 Å². The van der Waals surface area contributed by atoms with Gasteiger partial charge in [-0.2, -0.15) is 0 Å². The predicted octanol–water partition coefficient (Wildman–Crippen LogP) is 4.20. The van der Waals surface area contributed by atoms with Crippen LogP contribution < -0.4 is 10.9 Å². The standard InChI is InChI=1S/C18H17NO2/c1-3-19-16-10-12(2)8-9-14(16)15-11-13-6-4-5-7-17(13)21-18(15)20/h4-11,19H,3H2,1-2H3. The number of para-hydroxylation sites is 1. The minimum Gasteiger partial charge on any atom is -0.422 e. The van der Waals surface area contributed by atoms with Gasteiger partial charge in [0, 0.05) is 23.2 Å². The maximum atomic E-state index is 12.3. The Labute approximate surface area is 123 Å². The van der Waals surface area contributed by atoms with E-state index in [0.29, 0.717) is 11.1 Å². The zero-order valence-corrected chi connectivity index (χ0v) is 12.1. The normalized spacial score (nSPS) is 10.8. The van der Waals surface area contributed by atoms with Gasteiger partial charge in [0.15, 0.2) is 0 Å². The Bertz CT molecular complexity index is 849. The van der Waals surface area contributed by atoms with E-state index in [1.807, 2.05) is 56.3 Å². The van der Waals surface area contributed by atoms with E-state index in [4.69, 9.17) is 4.42 Å². The average Bonchev–Trinajstić information content (AvgIpc) is 2.47. The van der Waals surface area contributed by atoms with Crippen LogP contribution in [0.4, 0.5) is 5.69 Å². The summed E-state index contributed by atoms with van der Waals surface area (Å²) in [6, 6.07) is 15.5. The van der Waals surface area contributed by atoms with Crippen molar-refractivity contribution in [1.82, 2.24) is 0 Å². The SMILES string of the molecule is CCNc1cc(C)ccc1-c1cc2ccccc2oc1=O. The Morgan fingerprint density at radius 3 is 2.67 bits per heavy atom. The van der Waals surface area contributed by atoms with E-state index < -0.39 is 0 Å². The molecule has 106 valence electrons. The third-order valence-corrected chi connectivity index (χ3v) is 3.47. The van der Waals surface area contributed by atoms with Gasteiger partial charge in [0.1, 0.15) is 5.58 Å². The van der Waals surface area contributed by atoms with Gasteiger partial charge in [0.25, 0.3) is 0 Å². The molecule has 0 aliphatic rings. The lowest BCUT2D eigenvalue weighted by atomic mass is 10.0. The first kappa shape index (κ1) is 13.4. The van der Waals surface area contributed by atoms with E-state index in [1.165, 1.54) is 0 Å². The Balaban J connectivity index is 2.25. The first-order valence-corrected chi connectivity index (χ1v) is 7.07. The summed E-state index contributed by atoms with van der Waals surface area (Å²) in [6.07, 6.45) is 0. The molecule has 0 radical (unpaired) electrons. The summed E-state index contributed by atoms with van der Waals surface area (Å²) >= 11 is 0. The van der Waals surface area contributed by atoms with E-state index in [9.17, 15) is 4.79 Å². The second kappa shape index (κ2) is 5.44. The average molecular weight is 279 g/mol. The molecule has 0 fully saturated rings. The van der Waals surface area contributed by atoms with Crippen molar-refractivity contribution >= 4 is 16.7 Å². The summed E-state index contributed by atoms with van der Waals surface area (Å²) < 4.78 is 5.43. The molecule has 1 heterocycles. The number of aryl methyl sites for hydroxylation is 1. The predicted molar refractivity (Wildman–Crippen MR) is 86.8 cm³/mol. The van der Waals surface area contributed by atoms with Gasteiger partial charge in [0.05, 0.1) is 5.56 Å². The lowest BCUT2D eigenvalue weighted by Gasteiger charge is -2.11. The molecule has 3 nitrogen and oxygen atoms in total. The van der Waals surface area contributed by atoms with Gasteiger partial charge in [-0.15, -0.1) is 0 Å². The van der Waals surface area contributed by atoms with Crippen LogP contribution in [0.3, 0.4) is 0 Å². The molecule has 0 aliphatic carbocycles. The van der Waals surface area contributed by atoms with Gasteiger partial charge < -0.3 is 9.73 Å². The summed E-state index contributed by atoms with van der Waals surface area (Å²) in [7, 11) is 0. The van der Waals surface area contributed by atoms with Crippen LogP contribution in [0.25, 0.3) is 22.1 Å². The zero-order chi connectivity index (χ0) is 14.8. The second-order valence-electron chi connectivity index (χ2n) is 5.06. The van der Waals surface area contributed by atoms with Crippen molar-refractivity contribution in [1.29, 1.82) is 0 Å². The molecule has 2 aromatic carbocycles. The molecule has 3 rings (SSSR count). The van der Waals surface area contributed by atoms with Crippen LogP contribution in [-0.2, 0) is 0 Å². The van der Waals surface area contributed by atoms with Crippen LogP contribution in [0.1, 0.15) is 12.5 Å². The van der Waals surface area contributed by atoms with Gasteiger partial charge in [-0.25, -0.2) is 4.79 Å². The molecule has 0 saturated carbocycles. The molecule has 3 heteroatoms. The van der Waals surface area contributed by atoms with Crippen LogP contribution in [0.5, 0.6) is 0 Å². The lowest BCUT2D eigenvalue weighted by Crippen LogP contribution is -2.06. The summed E-state index contributed by atoms with van der Waals surface area (Å²) in [6.45, 7) is 4.87. The van der Waals surface area contributed by atoms with E-state index in [1.54, 1.807) is 6.07 Å². The smallest absolute Gasteiger partial charge is 0.344 e. The molecule has 3 aromatic rings. The zero-order valence-electron chi connectivity index (χ0n) is 12.1. The Morgan fingerprint density at radius 2 is 1.86 bits per heavy atom. The molecule has 0 atom stereocenters. The van der Waals surface area contributed by atoms with Crippen LogP contribution >= 0.6 is 0 Å². The minimum absolute atomic E-state index is 0.309. The quantitative estimate of drug-likeness (QED) is 0.731. The van der Waals surface area contributed by atoms with Crippen LogP contribution in [-0.4, -0.2) is 6.54 Å². The molecule has 0 unspecified atom stereocenters. The first-order valence-electron chi connectivity index (χ1n) is 7.07. The number of benzene rings is 2. The van der Waals surface area contributed by atoms with Crippen molar-refractivity contribution in [3.05, 3.63) is 64.5 Å². The van der Waals surface area contributed by atoms with Crippen molar-refractivity contribution in [2.75, 3.05) is 11.9 Å². The third kappa shape index (κ3) is 2.55. The van der Waals surface area contributed by atoms with Crippen LogP contribution in [0.2, 0.25) is 0 Å². The highest BCUT2D eigenvalue weighted by Crippen LogP contribution is 2.28. The number of fused-ring (bicyclic) bond motifs is 1. The van der Waals surface area contributed by atoms with Crippen LogP contribution in [0.15, 0.2) is 57.7 Å². The monoisotopic (exact) mass is 279 g/mol. The Hall–Kier alpha value is -2.55. The molecular weight excluding hydrogens is 262 g/mol. The number of hydrogen-bond acceptors (Lipinski definition) is 3. The molecule has 1 aromatic heterocycles. The molecule has 0 bridgehead atoms. The highest BCUT2D eigenvalue weighted by atomic mass is 16.4. The largest absolute Gasteiger partial charge is 0.422 e. The van der Waals surface area contributed by atoms with Crippen molar-refractivity contribution in [2.24, 2.45) is 0 Å². The maximum Gasteiger partial charge on any atom is 0.344 e. The van der Waals surface area contributed by atoms with Crippen molar-refractivity contribution in [3.63, 3.8) is 0 Å². The molecule has 1 N–H and O–H groups in total. The fraction of sp³-hybridized carbons (Fsp3) is 0.167. The highest BCUT2D eigenvalue weighted by molar-refractivity contribution is 5.85. The van der Waals surface area contributed by atoms with Gasteiger partial charge in [-0.05, 0) is 37.6 Å². The topological polar surface area (TPSA) is 42.2 Å².